The van der Waals surface area contributed by atoms with Gasteiger partial charge in [-0.15, -0.1) is 0 Å². The molecule has 13 nitrogen and oxygen atoms in total. The number of rotatable bonds is 37. The van der Waals surface area contributed by atoms with Crippen LogP contribution in [0.4, 0.5) is 0 Å². The molecule has 8 unspecified atom stereocenters. The number of unbranched alkanes of at least 4 members (excludes halogenated alkanes) is 20. The average Bonchev–Trinajstić information content (AvgIpc) is 3.21. The Balaban J connectivity index is 2.56. The number of carbonyl (C=O) groups is 1. The Kier molecular flexibility index (Phi) is 33.0. The SMILES string of the molecule is CCCCCCCCCCCCC/C=C/CC/C=C/CC/C=C/C(O)C(COP(=O)(O)OC1C(O)C(O)C(O)C(O)C1O)NC(=O)CC(O)CCCCCCCCCC. The van der Waals surface area contributed by atoms with Gasteiger partial charge in [-0.25, -0.2) is 4.57 Å². The molecule has 9 N–H and O–H groups in total. The van der Waals surface area contributed by atoms with Gasteiger partial charge < -0.3 is 46.0 Å². The standard InChI is InChI=1S/C45H84NO12P/c1-3-5-7-9-11-13-14-15-16-17-18-19-20-21-22-23-24-25-27-29-31-33-38(48)37(46-39(49)34-36(47)32-30-28-26-12-10-8-6-4-2)35-57-59(55,56)58-45-43(53)41(51)40(50)42(52)44(45)54/h20-21,24-25,31,33,36-38,40-45,47-48,50-54H,3-19,22-23,26-30,32,34-35H2,1-2H3,(H,46,49)(H,55,56)/b21-20+,25-24+,33-31+. The molecule has 0 heterocycles. The molecule has 0 spiro atoms. The van der Waals surface area contributed by atoms with Gasteiger partial charge in [0.25, 0.3) is 0 Å². The van der Waals surface area contributed by atoms with Crippen molar-refractivity contribution in [3.8, 4) is 0 Å². The Labute approximate surface area is 356 Å². The van der Waals surface area contributed by atoms with Crippen molar-refractivity contribution in [2.45, 2.75) is 236 Å². The molecular weight excluding hydrogens is 777 g/mol. The van der Waals surface area contributed by atoms with Gasteiger partial charge in [0.1, 0.15) is 36.6 Å². The largest absolute Gasteiger partial charge is 0.472 e. The van der Waals surface area contributed by atoms with E-state index in [0.717, 1.165) is 44.9 Å². The molecule has 14 heteroatoms. The first kappa shape index (κ1) is 55.5. The zero-order valence-corrected chi connectivity index (χ0v) is 37.3. The molecule has 0 aromatic carbocycles. The summed E-state index contributed by atoms with van der Waals surface area (Å²) in [5.74, 6) is -0.610. The number of amides is 1. The maximum atomic E-state index is 12.9. The van der Waals surface area contributed by atoms with Crippen LogP contribution in [0.3, 0.4) is 0 Å². The Bertz CT molecular complexity index is 1160. The van der Waals surface area contributed by atoms with Crippen molar-refractivity contribution in [1.29, 1.82) is 0 Å². The van der Waals surface area contributed by atoms with Crippen molar-refractivity contribution >= 4 is 13.7 Å². The van der Waals surface area contributed by atoms with Crippen molar-refractivity contribution in [3.05, 3.63) is 36.5 Å². The fraction of sp³-hybridized carbons (Fsp3) is 0.844. The maximum Gasteiger partial charge on any atom is 0.472 e. The van der Waals surface area contributed by atoms with Crippen LogP contribution in [-0.4, -0.2) is 108 Å². The van der Waals surface area contributed by atoms with Crippen LogP contribution in [-0.2, 0) is 18.4 Å². The summed E-state index contributed by atoms with van der Waals surface area (Å²) < 4.78 is 22.8. The van der Waals surface area contributed by atoms with E-state index in [-0.39, 0.29) is 6.42 Å². The van der Waals surface area contributed by atoms with E-state index in [4.69, 9.17) is 9.05 Å². The summed E-state index contributed by atoms with van der Waals surface area (Å²) in [7, 11) is -5.15. The summed E-state index contributed by atoms with van der Waals surface area (Å²) in [4.78, 5) is 23.3. The first-order valence-electron chi connectivity index (χ1n) is 23.0. The Hall–Kier alpha value is -1.48. The van der Waals surface area contributed by atoms with Crippen LogP contribution in [0.1, 0.15) is 181 Å². The molecule has 0 aliphatic heterocycles. The fourth-order valence-corrected chi connectivity index (χ4v) is 8.12. The third-order valence-corrected chi connectivity index (χ3v) is 11.9. The fourth-order valence-electron chi connectivity index (χ4n) is 7.15. The van der Waals surface area contributed by atoms with Crippen molar-refractivity contribution in [2.24, 2.45) is 0 Å². The first-order chi connectivity index (χ1) is 28.3. The summed E-state index contributed by atoms with van der Waals surface area (Å²) in [5.41, 5.74) is 0. The molecule has 1 saturated carbocycles. The van der Waals surface area contributed by atoms with Crippen LogP contribution in [0.2, 0.25) is 0 Å². The number of nitrogens with one attached hydrogen (secondary N) is 1. The van der Waals surface area contributed by atoms with Gasteiger partial charge in [0.05, 0.1) is 31.3 Å². The normalized spacial score (nSPS) is 23.9. The van der Waals surface area contributed by atoms with Crippen LogP contribution < -0.4 is 5.32 Å². The molecule has 0 aromatic heterocycles. The Morgan fingerprint density at radius 1 is 0.593 bits per heavy atom. The van der Waals surface area contributed by atoms with E-state index in [0.29, 0.717) is 19.3 Å². The van der Waals surface area contributed by atoms with E-state index < -0.39 is 75.2 Å². The molecule has 0 saturated heterocycles. The highest BCUT2D eigenvalue weighted by atomic mass is 31.2. The molecule has 1 rings (SSSR count). The monoisotopic (exact) mass is 862 g/mol. The smallest absolute Gasteiger partial charge is 0.393 e. The molecular formula is C45H84NO12P. The molecule has 0 radical (unpaired) electrons. The van der Waals surface area contributed by atoms with E-state index >= 15 is 0 Å². The molecule has 346 valence electrons. The molecule has 0 bridgehead atoms. The van der Waals surface area contributed by atoms with E-state index in [1.165, 1.54) is 102 Å². The van der Waals surface area contributed by atoms with Gasteiger partial charge in [0, 0.05) is 0 Å². The van der Waals surface area contributed by atoms with Gasteiger partial charge in [-0.05, 0) is 44.9 Å². The summed E-state index contributed by atoms with van der Waals surface area (Å²) in [6, 6.07) is -1.26. The third-order valence-electron chi connectivity index (χ3n) is 11.0. The van der Waals surface area contributed by atoms with Crippen molar-refractivity contribution in [1.82, 2.24) is 5.32 Å². The lowest BCUT2D eigenvalue weighted by Crippen LogP contribution is -2.64. The summed E-state index contributed by atoms with van der Waals surface area (Å²) in [6.45, 7) is 3.68. The van der Waals surface area contributed by atoms with Crippen molar-refractivity contribution < 1.29 is 59.0 Å². The number of hydrogen-bond acceptors (Lipinski definition) is 11. The van der Waals surface area contributed by atoms with Crippen molar-refractivity contribution in [2.75, 3.05) is 6.61 Å². The Morgan fingerprint density at radius 3 is 1.49 bits per heavy atom. The Morgan fingerprint density at radius 2 is 1.00 bits per heavy atom. The van der Waals surface area contributed by atoms with Crippen LogP contribution in [0.25, 0.3) is 0 Å². The highest BCUT2D eigenvalue weighted by Crippen LogP contribution is 2.47. The minimum absolute atomic E-state index is 0.255. The number of carbonyl (C=O) groups excluding carboxylic acids is 1. The summed E-state index contributed by atoms with van der Waals surface area (Å²) in [6.07, 6.45) is 25.5. The average molecular weight is 862 g/mol. The lowest BCUT2D eigenvalue weighted by molar-refractivity contribution is -0.220. The predicted octanol–water partition coefficient (Wildman–Crippen LogP) is 7.36. The first-order valence-corrected chi connectivity index (χ1v) is 24.5. The second-order valence-corrected chi connectivity index (χ2v) is 17.8. The molecule has 8 atom stereocenters. The van der Waals surface area contributed by atoms with Gasteiger partial charge in [0.2, 0.25) is 5.91 Å². The molecule has 59 heavy (non-hydrogen) atoms. The lowest BCUT2D eigenvalue weighted by Gasteiger charge is -2.41. The predicted molar refractivity (Wildman–Crippen MR) is 233 cm³/mol. The molecule has 1 aliphatic carbocycles. The number of phosphoric acid groups is 1. The molecule has 1 fully saturated rings. The third kappa shape index (κ3) is 27.2. The number of phosphoric ester groups is 1. The molecule has 1 amide bonds. The van der Waals surface area contributed by atoms with Gasteiger partial charge in [-0.3, -0.25) is 13.8 Å². The highest BCUT2D eigenvalue weighted by Gasteiger charge is 2.51. The number of hydrogen-bond donors (Lipinski definition) is 9. The zero-order valence-electron chi connectivity index (χ0n) is 36.4. The van der Waals surface area contributed by atoms with E-state index in [9.17, 15) is 50.0 Å². The van der Waals surface area contributed by atoms with Crippen LogP contribution >= 0.6 is 7.82 Å². The van der Waals surface area contributed by atoms with Gasteiger partial charge in [-0.1, -0.05) is 166 Å². The summed E-state index contributed by atoms with van der Waals surface area (Å²) in [5, 5.41) is 74.2. The minimum Gasteiger partial charge on any atom is -0.393 e. The number of aliphatic hydroxyl groups excluding tert-OH is 7. The van der Waals surface area contributed by atoms with Crippen LogP contribution in [0, 0.1) is 0 Å². The van der Waals surface area contributed by atoms with Gasteiger partial charge in [-0.2, -0.15) is 0 Å². The second kappa shape index (κ2) is 35.0. The van der Waals surface area contributed by atoms with Gasteiger partial charge >= 0.3 is 7.82 Å². The topological polar surface area (TPSA) is 226 Å². The van der Waals surface area contributed by atoms with E-state index in [2.05, 4.69) is 43.5 Å². The van der Waals surface area contributed by atoms with E-state index in [1.807, 2.05) is 0 Å². The van der Waals surface area contributed by atoms with Crippen LogP contribution in [0.15, 0.2) is 36.5 Å². The lowest BCUT2D eigenvalue weighted by atomic mass is 9.85. The maximum absolute atomic E-state index is 12.9. The number of aliphatic hydroxyl groups is 7. The quantitative estimate of drug-likeness (QED) is 0.0170. The zero-order chi connectivity index (χ0) is 43.7. The number of allylic oxidation sites excluding steroid dienone is 5. The van der Waals surface area contributed by atoms with Crippen LogP contribution in [0.5, 0.6) is 0 Å². The van der Waals surface area contributed by atoms with Crippen molar-refractivity contribution in [3.63, 3.8) is 0 Å². The summed E-state index contributed by atoms with van der Waals surface area (Å²) >= 11 is 0. The molecule has 1 aliphatic rings. The molecule has 0 aromatic rings. The minimum atomic E-state index is -5.15. The van der Waals surface area contributed by atoms with Gasteiger partial charge in [0.15, 0.2) is 0 Å². The second-order valence-electron chi connectivity index (χ2n) is 16.4. The van der Waals surface area contributed by atoms with E-state index in [1.54, 1.807) is 6.08 Å². The highest BCUT2D eigenvalue weighted by molar-refractivity contribution is 7.47.